The van der Waals surface area contributed by atoms with Crippen molar-refractivity contribution in [2.45, 2.75) is 50.2 Å². The average Bonchev–Trinajstić information content (AvgIpc) is 2.97. The third-order valence-corrected chi connectivity index (χ3v) is 4.31. The lowest BCUT2D eigenvalue weighted by Gasteiger charge is -2.40. The molecule has 2 saturated heterocycles. The molecular formula is C13H20N2O3. The maximum absolute atomic E-state index is 12.5. The molecule has 100 valence electrons. The van der Waals surface area contributed by atoms with Crippen LogP contribution in [0.4, 0.5) is 0 Å². The first-order valence-corrected chi connectivity index (χ1v) is 6.92. The average molecular weight is 252 g/mol. The summed E-state index contributed by atoms with van der Waals surface area (Å²) in [6.45, 7) is 1.55. The van der Waals surface area contributed by atoms with E-state index in [9.17, 15) is 9.59 Å². The summed E-state index contributed by atoms with van der Waals surface area (Å²) in [4.78, 5) is 26.1. The molecule has 1 atom stereocenters. The minimum Gasteiger partial charge on any atom is -0.376 e. The van der Waals surface area contributed by atoms with E-state index in [1.807, 2.05) is 0 Å². The number of nitrogens with one attached hydrogen (secondary N) is 1. The first-order valence-electron chi connectivity index (χ1n) is 6.92. The largest absolute Gasteiger partial charge is 0.376 e. The Hall–Kier alpha value is -1.10. The molecule has 0 aromatic heterocycles. The van der Waals surface area contributed by atoms with Gasteiger partial charge in [-0.15, -0.1) is 0 Å². The van der Waals surface area contributed by atoms with Crippen molar-refractivity contribution < 1.29 is 14.3 Å². The lowest BCUT2D eigenvalue weighted by molar-refractivity contribution is -0.151. The number of ether oxygens (including phenoxy) is 1. The summed E-state index contributed by atoms with van der Waals surface area (Å²) in [6, 6.07) is 0. The van der Waals surface area contributed by atoms with Crippen LogP contribution in [-0.2, 0) is 14.3 Å². The zero-order valence-electron chi connectivity index (χ0n) is 10.6. The molecule has 1 N–H and O–H groups in total. The summed E-state index contributed by atoms with van der Waals surface area (Å²) in [5.74, 6) is 0.0876. The predicted molar refractivity (Wildman–Crippen MR) is 64.9 cm³/mol. The highest BCUT2D eigenvalue weighted by molar-refractivity contribution is 5.98. The van der Waals surface area contributed by atoms with Crippen molar-refractivity contribution in [1.29, 1.82) is 0 Å². The smallest absolute Gasteiger partial charge is 0.248 e. The number of nitrogens with zero attached hydrogens (tertiary/aromatic N) is 1. The standard InChI is InChI=1S/C13H20N2O3/c16-11-9-15(8-10-4-3-7-18-10)12(17)13(14-11)5-1-2-6-13/h10H,1-9H2,(H,14,16). The second kappa shape index (κ2) is 4.53. The van der Waals surface area contributed by atoms with E-state index < -0.39 is 5.54 Å². The zero-order chi connectivity index (χ0) is 12.6. The van der Waals surface area contributed by atoms with Crippen LogP contribution in [0.25, 0.3) is 0 Å². The number of hydrogen-bond donors (Lipinski definition) is 1. The molecule has 0 aromatic rings. The topological polar surface area (TPSA) is 58.6 Å². The second-order valence-electron chi connectivity index (χ2n) is 5.66. The highest BCUT2D eigenvalue weighted by Gasteiger charge is 2.48. The highest BCUT2D eigenvalue weighted by Crippen LogP contribution is 2.33. The van der Waals surface area contributed by atoms with Gasteiger partial charge in [-0.2, -0.15) is 0 Å². The first kappa shape index (κ1) is 12.0. The highest BCUT2D eigenvalue weighted by atomic mass is 16.5. The SMILES string of the molecule is O=C1CN(CC2CCCO2)C(=O)C2(CCCC2)N1. The summed E-state index contributed by atoms with van der Waals surface area (Å²) in [5, 5.41) is 2.93. The lowest BCUT2D eigenvalue weighted by atomic mass is 9.93. The van der Waals surface area contributed by atoms with Crippen molar-refractivity contribution in [1.82, 2.24) is 10.2 Å². The monoisotopic (exact) mass is 252 g/mol. The van der Waals surface area contributed by atoms with E-state index in [0.29, 0.717) is 6.54 Å². The van der Waals surface area contributed by atoms with Crippen LogP contribution < -0.4 is 5.32 Å². The third-order valence-electron chi connectivity index (χ3n) is 4.31. The minimum absolute atomic E-state index is 0.0190. The summed E-state index contributed by atoms with van der Waals surface area (Å²) in [7, 11) is 0. The maximum atomic E-state index is 12.5. The molecule has 18 heavy (non-hydrogen) atoms. The van der Waals surface area contributed by atoms with Crippen molar-refractivity contribution in [2.75, 3.05) is 19.7 Å². The van der Waals surface area contributed by atoms with Crippen molar-refractivity contribution in [2.24, 2.45) is 0 Å². The molecule has 2 amide bonds. The molecule has 1 saturated carbocycles. The maximum Gasteiger partial charge on any atom is 0.248 e. The first-order chi connectivity index (χ1) is 8.70. The molecular weight excluding hydrogens is 232 g/mol. The fourth-order valence-corrected chi connectivity index (χ4v) is 3.41. The minimum atomic E-state index is -0.589. The van der Waals surface area contributed by atoms with Crippen LogP contribution in [0, 0.1) is 0 Å². The van der Waals surface area contributed by atoms with Crippen LogP contribution in [0.15, 0.2) is 0 Å². The summed E-state index contributed by atoms with van der Waals surface area (Å²) >= 11 is 0. The van der Waals surface area contributed by atoms with E-state index in [0.717, 1.165) is 45.1 Å². The molecule has 3 fully saturated rings. The van der Waals surface area contributed by atoms with E-state index in [2.05, 4.69) is 5.32 Å². The quantitative estimate of drug-likeness (QED) is 0.775. The van der Waals surface area contributed by atoms with Gasteiger partial charge < -0.3 is 15.0 Å². The van der Waals surface area contributed by atoms with Crippen molar-refractivity contribution in [3.63, 3.8) is 0 Å². The van der Waals surface area contributed by atoms with Gasteiger partial charge in [0.1, 0.15) is 5.54 Å². The van der Waals surface area contributed by atoms with Gasteiger partial charge in [-0.3, -0.25) is 9.59 Å². The number of carbonyl (C=O) groups is 2. The van der Waals surface area contributed by atoms with Gasteiger partial charge in [0.25, 0.3) is 0 Å². The Labute approximate surface area is 107 Å². The second-order valence-corrected chi connectivity index (χ2v) is 5.66. The summed E-state index contributed by atoms with van der Waals surface area (Å²) in [5.41, 5.74) is -0.589. The molecule has 0 bridgehead atoms. The fourth-order valence-electron chi connectivity index (χ4n) is 3.41. The van der Waals surface area contributed by atoms with Gasteiger partial charge >= 0.3 is 0 Å². The number of rotatable bonds is 2. The Morgan fingerprint density at radius 2 is 2.06 bits per heavy atom. The van der Waals surface area contributed by atoms with Gasteiger partial charge in [-0.25, -0.2) is 0 Å². The number of hydrogen-bond acceptors (Lipinski definition) is 3. The molecule has 2 heterocycles. The van der Waals surface area contributed by atoms with Crippen LogP contribution >= 0.6 is 0 Å². The number of amides is 2. The van der Waals surface area contributed by atoms with Gasteiger partial charge in [-0.05, 0) is 25.7 Å². The Bertz CT molecular complexity index is 357. The molecule has 2 aliphatic heterocycles. The van der Waals surface area contributed by atoms with Gasteiger partial charge in [0.2, 0.25) is 11.8 Å². The van der Waals surface area contributed by atoms with Gasteiger partial charge in [0.15, 0.2) is 0 Å². The lowest BCUT2D eigenvalue weighted by Crippen LogP contribution is -2.66. The summed E-state index contributed by atoms with van der Waals surface area (Å²) in [6.07, 6.45) is 5.82. The molecule has 3 aliphatic rings. The normalized spacial score (nSPS) is 31.1. The third kappa shape index (κ3) is 2.00. The van der Waals surface area contributed by atoms with Crippen LogP contribution in [0.3, 0.4) is 0 Å². The fraction of sp³-hybridized carbons (Fsp3) is 0.846. The molecule has 1 spiro atoms. The molecule has 5 heteroatoms. The van der Waals surface area contributed by atoms with Crippen LogP contribution in [0.2, 0.25) is 0 Å². The predicted octanol–water partition coefficient (Wildman–Crippen LogP) is 0.437. The molecule has 1 aliphatic carbocycles. The van der Waals surface area contributed by atoms with Gasteiger partial charge in [-0.1, -0.05) is 12.8 Å². The van der Waals surface area contributed by atoms with Gasteiger partial charge in [0.05, 0.1) is 12.6 Å². The molecule has 1 unspecified atom stereocenters. The molecule has 0 aromatic carbocycles. The van der Waals surface area contributed by atoms with E-state index in [-0.39, 0.29) is 24.5 Å². The van der Waals surface area contributed by atoms with Crippen LogP contribution in [0.5, 0.6) is 0 Å². The van der Waals surface area contributed by atoms with Crippen LogP contribution in [-0.4, -0.2) is 48.1 Å². The zero-order valence-corrected chi connectivity index (χ0v) is 10.6. The van der Waals surface area contributed by atoms with E-state index in [1.165, 1.54) is 0 Å². The molecule has 3 rings (SSSR count). The summed E-state index contributed by atoms with van der Waals surface area (Å²) < 4.78 is 5.56. The number of carbonyl (C=O) groups excluding carboxylic acids is 2. The molecule has 0 radical (unpaired) electrons. The Kier molecular flexibility index (Phi) is 3.01. The number of piperazine rings is 1. The molecule has 5 nitrogen and oxygen atoms in total. The van der Waals surface area contributed by atoms with Crippen molar-refractivity contribution in [3.05, 3.63) is 0 Å². The van der Waals surface area contributed by atoms with Crippen molar-refractivity contribution in [3.8, 4) is 0 Å². The van der Waals surface area contributed by atoms with E-state index in [4.69, 9.17) is 4.74 Å². The Balaban J connectivity index is 1.72. The van der Waals surface area contributed by atoms with Gasteiger partial charge in [0, 0.05) is 13.2 Å². The Morgan fingerprint density at radius 3 is 2.72 bits per heavy atom. The van der Waals surface area contributed by atoms with E-state index in [1.54, 1.807) is 4.90 Å². The van der Waals surface area contributed by atoms with Crippen LogP contribution in [0.1, 0.15) is 38.5 Å². The van der Waals surface area contributed by atoms with Crippen molar-refractivity contribution >= 4 is 11.8 Å². The van der Waals surface area contributed by atoms with E-state index >= 15 is 0 Å². The Morgan fingerprint density at radius 1 is 1.28 bits per heavy atom.